The number of amides is 1. The molecule has 1 unspecified atom stereocenters. The number of halogens is 3. The molecule has 0 heterocycles. The van der Waals surface area contributed by atoms with Gasteiger partial charge in [-0.1, -0.05) is 24.3 Å². The second-order valence-corrected chi connectivity index (χ2v) is 5.35. The zero-order chi connectivity index (χ0) is 18.4. The number of nitrogens with one attached hydrogen (secondary N) is 1. The molecule has 2 aromatic carbocycles. The molecule has 0 fully saturated rings. The monoisotopic (exact) mass is 353 g/mol. The van der Waals surface area contributed by atoms with Crippen molar-refractivity contribution in [2.45, 2.75) is 19.1 Å². The second kappa shape index (κ2) is 7.92. The summed E-state index contributed by atoms with van der Waals surface area (Å²) in [6.07, 6.45) is -4.46. The maximum atomic E-state index is 12.7. The van der Waals surface area contributed by atoms with E-state index in [1.54, 1.807) is 13.0 Å². The average Bonchev–Trinajstić information content (AvgIpc) is 2.59. The Hall–Kier alpha value is -2.70. The van der Waals surface area contributed by atoms with E-state index in [-0.39, 0.29) is 18.4 Å². The Morgan fingerprint density at radius 2 is 1.88 bits per heavy atom. The summed E-state index contributed by atoms with van der Waals surface area (Å²) in [4.78, 5) is 12.0. The number of carbonyl (C=O) groups is 1. The fraction of sp³-hybridized carbons (Fsp3) is 0.278. The van der Waals surface area contributed by atoms with Crippen molar-refractivity contribution in [1.29, 1.82) is 0 Å². The van der Waals surface area contributed by atoms with E-state index < -0.39 is 17.6 Å². The Morgan fingerprint density at radius 3 is 2.56 bits per heavy atom. The molecule has 0 saturated carbocycles. The number of rotatable bonds is 6. The van der Waals surface area contributed by atoms with Gasteiger partial charge >= 0.3 is 6.18 Å². The van der Waals surface area contributed by atoms with Gasteiger partial charge in [0.1, 0.15) is 11.5 Å². The lowest BCUT2D eigenvalue weighted by Gasteiger charge is -2.17. The highest BCUT2D eigenvalue weighted by Gasteiger charge is 2.30. The Morgan fingerprint density at radius 1 is 1.16 bits per heavy atom. The highest BCUT2D eigenvalue weighted by molar-refractivity contribution is 5.78. The van der Waals surface area contributed by atoms with Gasteiger partial charge in [0.25, 0.3) is 5.91 Å². The van der Waals surface area contributed by atoms with Crippen LogP contribution in [0.25, 0.3) is 0 Å². The van der Waals surface area contributed by atoms with E-state index in [1.165, 1.54) is 19.2 Å². The predicted molar refractivity (Wildman–Crippen MR) is 86.5 cm³/mol. The van der Waals surface area contributed by atoms with Gasteiger partial charge in [-0.05, 0) is 31.2 Å². The number of hydrogen-bond acceptors (Lipinski definition) is 3. The Labute approximate surface area is 143 Å². The van der Waals surface area contributed by atoms with E-state index in [9.17, 15) is 18.0 Å². The van der Waals surface area contributed by atoms with Gasteiger partial charge in [-0.3, -0.25) is 4.79 Å². The van der Waals surface area contributed by atoms with Crippen molar-refractivity contribution in [3.63, 3.8) is 0 Å². The van der Waals surface area contributed by atoms with E-state index >= 15 is 0 Å². The van der Waals surface area contributed by atoms with Gasteiger partial charge in [0.15, 0.2) is 6.61 Å². The number of carbonyl (C=O) groups excluding carboxylic acids is 1. The molecule has 0 aliphatic heterocycles. The van der Waals surface area contributed by atoms with Gasteiger partial charge in [0.2, 0.25) is 0 Å². The molecule has 1 atom stereocenters. The molecular weight excluding hydrogens is 335 g/mol. The van der Waals surface area contributed by atoms with Crippen LogP contribution >= 0.6 is 0 Å². The molecule has 7 heteroatoms. The van der Waals surface area contributed by atoms with Crippen molar-refractivity contribution in [2.75, 3.05) is 13.7 Å². The lowest BCUT2D eigenvalue weighted by molar-refractivity contribution is -0.137. The smallest absolute Gasteiger partial charge is 0.416 e. The first-order valence-corrected chi connectivity index (χ1v) is 7.53. The largest absolute Gasteiger partial charge is 0.496 e. The van der Waals surface area contributed by atoms with Gasteiger partial charge < -0.3 is 14.8 Å². The number of alkyl halides is 3. The normalized spacial score (nSPS) is 12.4. The first kappa shape index (κ1) is 18.6. The molecule has 0 saturated heterocycles. The maximum absolute atomic E-state index is 12.7. The summed E-state index contributed by atoms with van der Waals surface area (Å²) >= 11 is 0. The minimum Gasteiger partial charge on any atom is -0.496 e. The van der Waals surface area contributed by atoms with Crippen LogP contribution in [0.2, 0.25) is 0 Å². The first-order valence-electron chi connectivity index (χ1n) is 7.53. The average molecular weight is 353 g/mol. The van der Waals surface area contributed by atoms with Crippen LogP contribution in [0.1, 0.15) is 24.1 Å². The second-order valence-electron chi connectivity index (χ2n) is 5.35. The van der Waals surface area contributed by atoms with Gasteiger partial charge in [0, 0.05) is 5.56 Å². The number of benzene rings is 2. The summed E-state index contributed by atoms with van der Waals surface area (Å²) in [6, 6.07) is 11.3. The highest BCUT2D eigenvalue weighted by Crippen LogP contribution is 2.31. The first-order chi connectivity index (χ1) is 11.8. The summed E-state index contributed by atoms with van der Waals surface area (Å²) in [5.41, 5.74) is -0.0368. The third kappa shape index (κ3) is 5.14. The molecule has 0 radical (unpaired) electrons. The van der Waals surface area contributed by atoms with Crippen molar-refractivity contribution in [3.8, 4) is 11.5 Å². The number of para-hydroxylation sites is 1. The van der Waals surface area contributed by atoms with Gasteiger partial charge in [-0.25, -0.2) is 0 Å². The van der Waals surface area contributed by atoms with E-state index in [2.05, 4.69) is 5.32 Å². The molecule has 0 aromatic heterocycles. The molecule has 0 aliphatic rings. The predicted octanol–water partition coefficient (Wildman–Crippen LogP) is 3.97. The lowest BCUT2D eigenvalue weighted by atomic mass is 10.1. The van der Waals surface area contributed by atoms with Crippen molar-refractivity contribution in [3.05, 3.63) is 59.7 Å². The molecule has 2 aromatic rings. The molecule has 0 aliphatic carbocycles. The standard InChI is InChI=1S/C18H18F3NO3/c1-12(15-8-3-4-9-16(15)24-2)22-17(23)11-25-14-7-5-6-13(10-14)18(19,20)21/h3-10,12H,11H2,1-2H3,(H,22,23). The zero-order valence-corrected chi connectivity index (χ0v) is 13.8. The topological polar surface area (TPSA) is 47.6 Å². The highest BCUT2D eigenvalue weighted by atomic mass is 19.4. The van der Waals surface area contributed by atoms with E-state index in [0.717, 1.165) is 17.7 Å². The van der Waals surface area contributed by atoms with Gasteiger partial charge in [0.05, 0.1) is 18.7 Å². The van der Waals surface area contributed by atoms with Gasteiger partial charge in [-0.15, -0.1) is 0 Å². The van der Waals surface area contributed by atoms with E-state index in [4.69, 9.17) is 9.47 Å². The summed E-state index contributed by atoms with van der Waals surface area (Å²) in [5, 5.41) is 2.72. The van der Waals surface area contributed by atoms with Crippen LogP contribution < -0.4 is 14.8 Å². The van der Waals surface area contributed by atoms with Crippen LogP contribution in [-0.4, -0.2) is 19.6 Å². The fourth-order valence-electron chi connectivity index (χ4n) is 2.30. The van der Waals surface area contributed by atoms with Crippen LogP contribution in [0.3, 0.4) is 0 Å². The minimum absolute atomic E-state index is 0.0186. The van der Waals surface area contributed by atoms with E-state index in [0.29, 0.717) is 5.75 Å². The van der Waals surface area contributed by atoms with Crippen molar-refractivity contribution >= 4 is 5.91 Å². The van der Waals surface area contributed by atoms with Crippen molar-refractivity contribution in [1.82, 2.24) is 5.32 Å². The quantitative estimate of drug-likeness (QED) is 0.855. The molecule has 25 heavy (non-hydrogen) atoms. The van der Waals surface area contributed by atoms with E-state index in [1.807, 2.05) is 18.2 Å². The molecule has 134 valence electrons. The summed E-state index contributed by atoms with van der Waals surface area (Å²) in [7, 11) is 1.53. The Balaban J connectivity index is 1.95. The zero-order valence-electron chi connectivity index (χ0n) is 13.8. The minimum atomic E-state index is -4.46. The fourth-order valence-corrected chi connectivity index (χ4v) is 2.30. The number of ether oxygens (including phenoxy) is 2. The molecule has 2 rings (SSSR count). The molecule has 0 spiro atoms. The van der Waals surface area contributed by atoms with Crippen LogP contribution in [0.15, 0.2) is 48.5 Å². The lowest BCUT2D eigenvalue weighted by Crippen LogP contribution is -2.31. The maximum Gasteiger partial charge on any atom is 0.416 e. The molecule has 1 N–H and O–H groups in total. The van der Waals surface area contributed by atoms with Crippen molar-refractivity contribution in [2.24, 2.45) is 0 Å². The van der Waals surface area contributed by atoms with Crippen LogP contribution in [0, 0.1) is 0 Å². The third-order valence-electron chi connectivity index (χ3n) is 3.51. The summed E-state index contributed by atoms with van der Waals surface area (Å²) in [6.45, 7) is 1.39. The third-order valence-corrected chi connectivity index (χ3v) is 3.51. The molecule has 1 amide bonds. The van der Waals surface area contributed by atoms with Crippen molar-refractivity contribution < 1.29 is 27.4 Å². The molecule has 0 bridgehead atoms. The number of methoxy groups -OCH3 is 1. The summed E-state index contributed by atoms with van der Waals surface area (Å²) < 4.78 is 48.3. The van der Waals surface area contributed by atoms with Crippen LogP contribution in [0.5, 0.6) is 11.5 Å². The molecular formula is C18H18F3NO3. The Kier molecular flexibility index (Phi) is 5.90. The van der Waals surface area contributed by atoms with Crippen LogP contribution in [-0.2, 0) is 11.0 Å². The SMILES string of the molecule is COc1ccccc1C(C)NC(=O)COc1cccc(C(F)(F)F)c1. The number of hydrogen-bond donors (Lipinski definition) is 1. The summed E-state index contributed by atoms with van der Waals surface area (Å²) in [5.74, 6) is 0.167. The van der Waals surface area contributed by atoms with Crippen LogP contribution in [0.4, 0.5) is 13.2 Å². The Bertz CT molecular complexity index is 732. The van der Waals surface area contributed by atoms with Gasteiger partial charge in [-0.2, -0.15) is 13.2 Å². The molecule has 4 nitrogen and oxygen atoms in total.